The minimum Gasteiger partial charge on any atom is -0.322 e. The number of rotatable bonds is 2. The van der Waals surface area contributed by atoms with Gasteiger partial charge < -0.3 is 4.90 Å². The molecule has 1 heterocycles. The van der Waals surface area contributed by atoms with E-state index in [1.54, 1.807) is 23.9 Å². The van der Waals surface area contributed by atoms with E-state index in [4.69, 9.17) is 0 Å². The summed E-state index contributed by atoms with van der Waals surface area (Å²) in [4.78, 5) is 14.6. The summed E-state index contributed by atoms with van der Waals surface area (Å²) in [7, 11) is 0. The van der Waals surface area contributed by atoms with E-state index in [-0.39, 0.29) is 17.1 Å². The third kappa shape index (κ3) is 2.81. The molecule has 1 aliphatic rings. The zero-order chi connectivity index (χ0) is 14.8. The topological polar surface area (TPSA) is 20.3 Å². The Kier molecular flexibility index (Phi) is 3.97. The molecular formula is C17H16FNOS. The summed E-state index contributed by atoms with van der Waals surface area (Å²) in [6.45, 7) is 2.67. The number of amides is 1. The van der Waals surface area contributed by atoms with Gasteiger partial charge in [0, 0.05) is 17.9 Å². The number of thioether (sulfide) groups is 1. The zero-order valence-corrected chi connectivity index (χ0v) is 12.6. The summed E-state index contributed by atoms with van der Waals surface area (Å²) < 4.78 is 13.1. The van der Waals surface area contributed by atoms with Crippen LogP contribution in [0.5, 0.6) is 0 Å². The first-order chi connectivity index (χ1) is 10.2. The molecule has 0 spiro atoms. The van der Waals surface area contributed by atoms with Crippen molar-refractivity contribution in [1.29, 1.82) is 0 Å². The maximum Gasteiger partial charge on any atom is 0.255 e. The molecule has 2 aromatic carbocycles. The SMILES string of the molecule is Cc1ccccc1C(=O)N1CCS[C@@H]1c1ccc(F)cc1. The van der Waals surface area contributed by atoms with Gasteiger partial charge in [0.05, 0.1) is 0 Å². The van der Waals surface area contributed by atoms with E-state index in [0.717, 1.165) is 29.0 Å². The molecule has 0 N–H and O–H groups in total. The van der Waals surface area contributed by atoms with Gasteiger partial charge in [-0.25, -0.2) is 4.39 Å². The van der Waals surface area contributed by atoms with Crippen LogP contribution in [-0.2, 0) is 0 Å². The summed E-state index contributed by atoms with van der Waals surface area (Å²) in [6.07, 6.45) is 0. The normalized spacial score (nSPS) is 18.0. The fourth-order valence-corrected chi connectivity index (χ4v) is 3.81. The van der Waals surface area contributed by atoms with Crippen LogP contribution < -0.4 is 0 Å². The van der Waals surface area contributed by atoms with E-state index < -0.39 is 0 Å². The largest absolute Gasteiger partial charge is 0.322 e. The quantitative estimate of drug-likeness (QED) is 0.835. The zero-order valence-electron chi connectivity index (χ0n) is 11.8. The van der Waals surface area contributed by atoms with Crippen molar-refractivity contribution in [1.82, 2.24) is 4.90 Å². The van der Waals surface area contributed by atoms with Crippen molar-refractivity contribution in [2.45, 2.75) is 12.3 Å². The second kappa shape index (κ2) is 5.90. The Hall–Kier alpha value is -1.81. The van der Waals surface area contributed by atoms with E-state index in [9.17, 15) is 9.18 Å². The molecule has 0 aliphatic carbocycles. The van der Waals surface area contributed by atoms with Crippen molar-refractivity contribution in [2.24, 2.45) is 0 Å². The Morgan fingerprint density at radius 2 is 1.90 bits per heavy atom. The third-order valence-electron chi connectivity index (χ3n) is 3.68. The van der Waals surface area contributed by atoms with Gasteiger partial charge in [-0.1, -0.05) is 30.3 Å². The van der Waals surface area contributed by atoms with E-state index in [2.05, 4.69) is 0 Å². The summed E-state index contributed by atoms with van der Waals surface area (Å²) in [5.74, 6) is 0.700. The summed E-state index contributed by atoms with van der Waals surface area (Å²) in [5.41, 5.74) is 2.70. The second-order valence-electron chi connectivity index (χ2n) is 5.09. The number of halogens is 1. The van der Waals surface area contributed by atoms with Crippen molar-refractivity contribution < 1.29 is 9.18 Å². The number of carbonyl (C=O) groups is 1. The fraction of sp³-hybridized carbons (Fsp3) is 0.235. The molecule has 2 nitrogen and oxygen atoms in total. The first-order valence-electron chi connectivity index (χ1n) is 6.90. The number of aryl methyl sites for hydroxylation is 1. The second-order valence-corrected chi connectivity index (χ2v) is 6.28. The summed E-state index contributed by atoms with van der Waals surface area (Å²) in [5, 5.41) is -0.0299. The number of carbonyl (C=O) groups excluding carboxylic acids is 1. The fourth-order valence-electron chi connectivity index (χ4n) is 2.55. The molecule has 1 aliphatic heterocycles. The minimum absolute atomic E-state index is 0.0299. The molecule has 1 saturated heterocycles. The Morgan fingerprint density at radius 1 is 1.19 bits per heavy atom. The molecule has 3 rings (SSSR count). The van der Waals surface area contributed by atoms with Gasteiger partial charge in [-0.3, -0.25) is 4.79 Å². The average Bonchev–Trinajstić information content (AvgIpc) is 2.97. The van der Waals surface area contributed by atoms with Gasteiger partial charge in [-0.2, -0.15) is 0 Å². The van der Waals surface area contributed by atoms with E-state index >= 15 is 0 Å². The lowest BCUT2D eigenvalue weighted by molar-refractivity contribution is 0.0759. The van der Waals surface area contributed by atoms with E-state index in [1.807, 2.05) is 36.1 Å². The van der Waals surface area contributed by atoms with Crippen molar-refractivity contribution in [2.75, 3.05) is 12.3 Å². The van der Waals surface area contributed by atoms with Crippen LogP contribution in [0.3, 0.4) is 0 Å². The van der Waals surface area contributed by atoms with Gasteiger partial charge >= 0.3 is 0 Å². The number of benzene rings is 2. The molecule has 0 radical (unpaired) electrons. The van der Waals surface area contributed by atoms with Crippen LogP contribution in [0, 0.1) is 12.7 Å². The highest BCUT2D eigenvalue weighted by Crippen LogP contribution is 2.38. The van der Waals surface area contributed by atoms with Crippen LogP contribution in [0.15, 0.2) is 48.5 Å². The standard InChI is InChI=1S/C17H16FNOS/c1-12-4-2-3-5-15(12)16(20)19-10-11-21-17(19)13-6-8-14(18)9-7-13/h2-9,17H,10-11H2,1H3/t17-/m1/s1. The minimum atomic E-state index is -0.251. The number of hydrogen-bond donors (Lipinski definition) is 0. The van der Waals surface area contributed by atoms with Gasteiger partial charge in [-0.05, 0) is 36.2 Å². The van der Waals surface area contributed by atoms with Crippen molar-refractivity contribution >= 4 is 17.7 Å². The summed E-state index contributed by atoms with van der Waals surface area (Å²) >= 11 is 1.72. The molecular weight excluding hydrogens is 285 g/mol. The van der Waals surface area contributed by atoms with Gasteiger partial charge in [0.1, 0.15) is 11.2 Å². The third-order valence-corrected chi connectivity index (χ3v) is 4.94. The lowest BCUT2D eigenvalue weighted by Gasteiger charge is -2.25. The molecule has 0 bridgehead atoms. The van der Waals surface area contributed by atoms with Gasteiger partial charge in [0.2, 0.25) is 0 Å². The predicted molar refractivity (Wildman–Crippen MR) is 83.8 cm³/mol. The summed E-state index contributed by atoms with van der Waals surface area (Å²) in [6, 6.07) is 14.0. The lowest BCUT2D eigenvalue weighted by Crippen LogP contribution is -2.30. The Bertz CT molecular complexity index is 656. The van der Waals surface area contributed by atoms with Crippen molar-refractivity contribution in [3.8, 4) is 0 Å². The molecule has 0 saturated carbocycles. The number of hydrogen-bond acceptors (Lipinski definition) is 2. The molecule has 1 atom stereocenters. The van der Waals surface area contributed by atoms with Crippen LogP contribution >= 0.6 is 11.8 Å². The monoisotopic (exact) mass is 301 g/mol. The molecule has 1 amide bonds. The van der Waals surface area contributed by atoms with Crippen molar-refractivity contribution in [3.63, 3.8) is 0 Å². The Labute approximate surface area is 128 Å². The molecule has 4 heteroatoms. The first kappa shape index (κ1) is 14.1. The first-order valence-corrected chi connectivity index (χ1v) is 7.95. The molecule has 0 unspecified atom stereocenters. The maximum atomic E-state index is 13.1. The molecule has 21 heavy (non-hydrogen) atoms. The van der Waals surface area contributed by atoms with Gasteiger partial charge in [0.25, 0.3) is 5.91 Å². The Balaban J connectivity index is 1.89. The van der Waals surface area contributed by atoms with E-state index in [0.29, 0.717) is 0 Å². The number of nitrogens with zero attached hydrogens (tertiary/aromatic N) is 1. The molecule has 108 valence electrons. The maximum absolute atomic E-state index is 13.1. The lowest BCUT2D eigenvalue weighted by atomic mass is 10.1. The smallest absolute Gasteiger partial charge is 0.255 e. The average molecular weight is 301 g/mol. The predicted octanol–water partition coefficient (Wildman–Crippen LogP) is 4.02. The van der Waals surface area contributed by atoms with Crippen LogP contribution in [0.25, 0.3) is 0 Å². The van der Waals surface area contributed by atoms with Gasteiger partial charge in [0.15, 0.2) is 0 Å². The van der Waals surface area contributed by atoms with Crippen molar-refractivity contribution in [3.05, 3.63) is 71.0 Å². The van der Waals surface area contributed by atoms with E-state index in [1.165, 1.54) is 12.1 Å². The molecule has 1 fully saturated rings. The van der Waals surface area contributed by atoms with Crippen LogP contribution in [0.4, 0.5) is 4.39 Å². The molecule has 2 aromatic rings. The highest BCUT2D eigenvalue weighted by Gasteiger charge is 2.31. The Morgan fingerprint density at radius 3 is 2.62 bits per heavy atom. The highest BCUT2D eigenvalue weighted by atomic mass is 32.2. The highest BCUT2D eigenvalue weighted by molar-refractivity contribution is 7.99. The van der Waals surface area contributed by atoms with Crippen LogP contribution in [-0.4, -0.2) is 23.1 Å². The van der Waals surface area contributed by atoms with Crippen LogP contribution in [0.2, 0.25) is 0 Å². The van der Waals surface area contributed by atoms with Gasteiger partial charge in [-0.15, -0.1) is 11.8 Å². The molecule has 0 aromatic heterocycles. The van der Waals surface area contributed by atoms with Crippen LogP contribution in [0.1, 0.15) is 26.9 Å².